The highest BCUT2D eigenvalue weighted by molar-refractivity contribution is 5.73. The van der Waals surface area contributed by atoms with E-state index in [0.717, 1.165) is 34.0 Å². The van der Waals surface area contributed by atoms with Crippen LogP contribution >= 0.6 is 0 Å². The summed E-state index contributed by atoms with van der Waals surface area (Å²) in [6.07, 6.45) is 7.28. The fraction of sp³-hybridized carbons (Fsp3) is 0.125. The third-order valence-corrected chi connectivity index (χ3v) is 4.13. The SMILES string of the molecule is Cn1cc(-c2ccc3c(n2)N(Cc2ccc4ncnn4c2)NN3)cn1. The lowest BCUT2D eigenvalue weighted by Crippen LogP contribution is -2.35. The maximum atomic E-state index is 4.78. The van der Waals surface area contributed by atoms with Gasteiger partial charge in [-0.05, 0) is 23.8 Å². The van der Waals surface area contributed by atoms with Crippen LogP contribution in [0, 0.1) is 0 Å². The molecule has 0 atom stereocenters. The van der Waals surface area contributed by atoms with Gasteiger partial charge in [0.05, 0.1) is 24.1 Å². The molecular weight excluding hydrogens is 318 g/mol. The van der Waals surface area contributed by atoms with Crippen molar-refractivity contribution in [2.24, 2.45) is 7.05 Å². The Bertz CT molecular complexity index is 1060. The summed E-state index contributed by atoms with van der Waals surface area (Å²) in [5.74, 6) is 0.847. The summed E-state index contributed by atoms with van der Waals surface area (Å²) >= 11 is 0. The minimum atomic E-state index is 0.638. The van der Waals surface area contributed by atoms with Gasteiger partial charge in [0.15, 0.2) is 11.5 Å². The predicted octanol–water partition coefficient (Wildman–Crippen LogP) is 1.38. The van der Waals surface area contributed by atoms with Gasteiger partial charge in [0.25, 0.3) is 0 Å². The molecule has 0 saturated carbocycles. The highest BCUT2D eigenvalue weighted by Gasteiger charge is 2.21. The minimum absolute atomic E-state index is 0.638. The number of pyridine rings is 2. The van der Waals surface area contributed by atoms with Gasteiger partial charge in [0, 0.05) is 25.0 Å². The zero-order valence-corrected chi connectivity index (χ0v) is 13.5. The fourth-order valence-corrected chi connectivity index (χ4v) is 2.90. The molecule has 0 saturated heterocycles. The highest BCUT2D eigenvalue weighted by Crippen LogP contribution is 2.30. The summed E-state index contributed by atoms with van der Waals surface area (Å²) < 4.78 is 3.53. The number of nitrogens with zero attached hydrogens (tertiary/aromatic N) is 7. The summed E-state index contributed by atoms with van der Waals surface area (Å²) in [5, 5.41) is 10.4. The van der Waals surface area contributed by atoms with E-state index in [1.165, 1.54) is 0 Å². The largest absolute Gasteiger partial charge is 0.300 e. The van der Waals surface area contributed by atoms with Gasteiger partial charge < -0.3 is 5.43 Å². The lowest BCUT2D eigenvalue weighted by molar-refractivity contribution is 0.713. The number of nitrogens with one attached hydrogen (secondary N) is 2. The Morgan fingerprint density at radius 1 is 1.08 bits per heavy atom. The van der Waals surface area contributed by atoms with Crippen molar-refractivity contribution in [3.05, 3.63) is 54.7 Å². The number of aromatic nitrogens is 6. The van der Waals surface area contributed by atoms with Crippen LogP contribution in [0.4, 0.5) is 11.5 Å². The van der Waals surface area contributed by atoms with Crippen LogP contribution in [-0.4, -0.2) is 29.4 Å². The lowest BCUT2D eigenvalue weighted by atomic mass is 10.2. The molecule has 5 heterocycles. The average molecular weight is 333 g/mol. The molecule has 0 aliphatic carbocycles. The van der Waals surface area contributed by atoms with Crippen LogP contribution < -0.4 is 16.0 Å². The van der Waals surface area contributed by atoms with Crippen LogP contribution in [0.15, 0.2) is 49.2 Å². The minimum Gasteiger partial charge on any atom is -0.300 e. The maximum absolute atomic E-state index is 4.78. The second-order valence-corrected chi connectivity index (χ2v) is 5.89. The average Bonchev–Trinajstić information content (AvgIpc) is 3.34. The predicted molar refractivity (Wildman–Crippen MR) is 92.4 cm³/mol. The fourth-order valence-electron chi connectivity index (χ4n) is 2.90. The second-order valence-electron chi connectivity index (χ2n) is 5.89. The van der Waals surface area contributed by atoms with E-state index in [0.29, 0.717) is 6.54 Å². The zero-order chi connectivity index (χ0) is 16.8. The first-order valence-corrected chi connectivity index (χ1v) is 7.84. The summed E-state index contributed by atoms with van der Waals surface area (Å²) in [7, 11) is 1.90. The quantitative estimate of drug-likeness (QED) is 0.585. The van der Waals surface area contributed by atoms with E-state index in [4.69, 9.17) is 4.98 Å². The first kappa shape index (κ1) is 13.9. The number of fused-ring (bicyclic) bond motifs is 2. The Morgan fingerprint density at radius 3 is 2.92 bits per heavy atom. The molecule has 124 valence electrons. The molecule has 0 radical (unpaired) electrons. The van der Waals surface area contributed by atoms with E-state index in [-0.39, 0.29) is 0 Å². The van der Waals surface area contributed by atoms with Gasteiger partial charge in [-0.25, -0.2) is 14.5 Å². The van der Waals surface area contributed by atoms with Crippen molar-refractivity contribution in [3.63, 3.8) is 0 Å². The van der Waals surface area contributed by atoms with Crippen molar-refractivity contribution in [2.75, 3.05) is 10.4 Å². The van der Waals surface area contributed by atoms with Crippen molar-refractivity contribution in [3.8, 4) is 11.3 Å². The summed E-state index contributed by atoms with van der Waals surface area (Å²) in [6, 6.07) is 7.98. The molecule has 9 nitrogen and oxygen atoms in total. The Labute approximate surface area is 142 Å². The van der Waals surface area contributed by atoms with Crippen molar-refractivity contribution in [1.82, 2.24) is 34.9 Å². The van der Waals surface area contributed by atoms with E-state index >= 15 is 0 Å². The molecule has 0 bridgehead atoms. The van der Waals surface area contributed by atoms with E-state index in [2.05, 4.69) is 26.1 Å². The first-order chi connectivity index (χ1) is 12.3. The number of rotatable bonds is 3. The van der Waals surface area contributed by atoms with E-state index in [9.17, 15) is 0 Å². The zero-order valence-electron chi connectivity index (χ0n) is 13.5. The maximum Gasteiger partial charge on any atom is 0.170 e. The molecule has 4 aromatic heterocycles. The molecule has 4 aromatic rings. The number of aryl methyl sites for hydroxylation is 1. The third kappa shape index (κ3) is 2.37. The van der Waals surface area contributed by atoms with Crippen LogP contribution in [0.25, 0.3) is 16.9 Å². The van der Waals surface area contributed by atoms with Crippen molar-refractivity contribution in [1.29, 1.82) is 0 Å². The second kappa shape index (κ2) is 5.28. The Hall–Kier alpha value is -3.46. The van der Waals surface area contributed by atoms with Crippen LogP contribution in [0.5, 0.6) is 0 Å². The van der Waals surface area contributed by atoms with E-state index < -0.39 is 0 Å². The summed E-state index contributed by atoms with van der Waals surface area (Å²) in [5.41, 5.74) is 11.0. The summed E-state index contributed by atoms with van der Waals surface area (Å²) in [4.78, 5) is 8.94. The van der Waals surface area contributed by atoms with Crippen molar-refractivity contribution in [2.45, 2.75) is 6.54 Å². The molecule has 2 N–H and O–H groups in total. The molecule has 5 rings (SSSR count). The molecule has 9 heteroatoms. The van der Waals surface area contributed by atoms with Crippen LogP contribution in [-0.2, 0) is 13.6 Å². The van der Waals surface area contributed by atoms with Crippen LogP contribution in [0.3, 0.4) is 0 Å². The molecule has 25 heavy (non-hydrogen) atoms. The van der Waals surface area contributed by atoms with Gasteiger partial charge in [-0.3, -0.25) is 9.69 Å². The molecule has 0 unspecified atom stereocenters. The summed E-state index contributed by atoms with van der Waals surface area (Å²) in [6.45, 7) is 0.638. The third-order valence-electron chi connectivity index (χ3n) is 4.13. The highest BCUT2D eigenvalue weighted by atomic mass is 15.7. The van der Waals surface area contributed by atoms with Crippen LogP contribution in [0.1, 0.15) is 5.56 Å². The van der Waals surface area contributed by atoms with E-state index in [1.54, 1.807) is 15.5 Å². The Morgan fingerprint density at radius 2 is 2.04 bits per heavy atom. The van der Waals surface area contributed by atoms with Gasteiger partial charge in [-0.2, -0.15) is 10.2 Å². The normalized spacial score (nSPS) is 13.2. The van der Waals surface area contributed by atoms with Gasteiger partial charge in [-0.1, -0.05) is 6.07 Å². The van der Waals surface area contributed by atoms with Gasteiger partial charge in [0.2, 0.25) is 0 Å². The number of hydrogen-bond acceptors (Lipinski definition) is 7. The monoisotopic (exact) mass is 333 g/mol. The molecule has 0 fully saturated rings. The molecule has 1 aliphatic rings. The Kier molecular flexibility index (Phi) is 2.94. The van der Waals surface area contributed by atoms with Gasteiger partial charge in [-0.15, -0.1) is 5.53 Å². The topological polar surface area (TPSA) is 88.2 Å². The lowest BCUT2D eigenvalue weighted by Gasteiger charge is -2.17. The standard InChI is InChI=1S/C16H15N9/c1-23-9-12(6-18-23)13-3-4-14-16(20-13)25(22-21-14)8-11-2-5-15-17-10-19-24(15)7-11/h2-7,9-10,21-22H,8H2,1H3. The van der Waals surface area contributed by atoms with Crippen LogP contribution in [0.2, 0.25) is 0 Å². The smallest absolute Gasteiger partial charge is 0.170 e. The molecule has 1 aliphatic heterocycles. The number of hydrazine groups is 2. The first-order valence-electron chi connectivity index (χ1n) is 7.84. The number of hydrogen-bond donors (Lipinski definition) is 2. The molecular formula is C16H15N9. The Balaban J connectivity index is 1.47. The molecule has 0 amide bonds. The molecule has 0 spiro atoms. The van der Waals surface area contributed by atoms with Gasteiger partial charge in [0.1, 0.15) is 6.33 Å². The van der Waals surface area contributed by atoms with Crippen molar-refractivity contribution >= 4 is 17.2 Å². The van der Waals surface area contributed by atoms with Gasteiger partial charge >= 0.3 is 0 Å². The van der Waals surface area contributed by atoms with Crippen molar-refractivity contribution < 1.29 is 0 Å². The number of anilines is 2. The van der Waals surface area contributed by atoms with E-state index in [1.807, 2.05) is 54.9 Å². The molecule has 0 aromatic carbocycles.